The number of morpholine rings is 1. The highest BCUT2D eigenvalue weighted by Gasteiger charge is 2.20. The van der Waals surface area contributed by atoms with Crippen LogP contribution in [0.1, 0.15) is 17.5 Å². The molecule has 1 heterocycles. The Labute approximate surface area is 161 Å². The zero-order chi connectivity index (χ0) is 18.7. The molecule has 27 heavy (non-hydrogen) atoms. The fourth-order valence-corrected chi connectivity index (χ4v) is 3.08. The van der Waals surface area contributed by atoms with Crippen LogP contribution in [0.25, 0.3) is 0 Å². The van der Waals surface area contributed by atoms with E-state index in [4.69, 9.17) is 9.47 Å². The minimum absolute atomic E-state index is 0.0458. The molecule has 0 spiro atoms. The van der Waals surface area contributed by atoms with Crippen LogP contribution in [0.15, 0.2) is 54.6 Å². The first kappa shape index (κ1) is 19.4. The third kappa shape index (κ3) is 6.70. The normalized spacial score (nSPS) is 16.7. The lowest BCUT2D eigenvalue weighted by Gasteiger charge is -2.22. The maximum absolute atomic E-state index is 12.0. The van der Waals surface area contributed by atoms with Crippen molar-refractivity contribution < 1.29 is 14.3 Å². The van der Waals surface area contributed by atoms with Crippen LogP contribution >= 0.6 is 0 Å². The molecule has 1 aliphatic rings. The van der Waals surface area contributed by atoms with E-state index in [2.05, 4.69) is 41.0 Å². The first-order valence-corrected chi connectivity index (χ1v) is 9.67. The van der Waals surface area contributed by atoms with Crippen LogP contribution in [0.5, 0.6) is 5.75 Å². The largest absolute Gasteiger partial charge is 0.494 e. The van der Waals surface area contributed by atoms with Gasteiger partial charge < -0.3 is 20.1 Å². The highest BCUT2D eigenvalue weighted by atomic mass is 16.5. The molecule has 2 N–H and O–H groups in total. The van der Waals surface area contributed by atoms with Gasteiger partial charge >= 0.3 is 0 Å². The number of ether oxygens (including phenoxy) is 2. The maximum Gasteiger partial charge on any atom is 0.250 e. The number of hydrogen-bond donors (Lipinski definition) is 2. The quantitative estimate of drug-likeness (QED) is 0.667. The van der Waals surface area contributed by atoms with Crippen LogP contribution in [0.3, 0.4) is 0 Å². The van der Waals surface area contributed by atoms with Gasteiger partial charge in [0.05, 0.1) is 13.2 Å². The lowest BCUT2D eigenvalue weighted by atomic mass is 10.1. The van der Waals surface area contributed by atoms with Gasteiger partial charge in [-0.2, -0.15) is 0 Å². The number of carbonyl (C=O) groups is 1. The van der Waals surface area contributed by atoms with E-state index in [1.807, 2.05) is 24.3 Å². The molecule has 1 fully saturated rings. The van der Waals surface area contributed by atoms with Crippen molar-refractivity contribution in [2.24, 2.45) is 0 Å². The number of rotatable bonds is 9. The summed E-state index contributed by atoms with van der Waals surface area (Å²) in [6.07, 6.45) is 2.40. The number of hydrogen-bond acceptors (Lipinski definition) is 4. The van der Waals surface area contributed by atoms with Crippen LogP contribution in [-0.4, -0.2) is 44.9 Å². The zero-order valence-electron chi connectivity index (χ0n) is 15.7. The summed E-state index contributed by atoms with van der Waals surface area (Å²) < 4.78 is 11.3. The van der Waals surface area contributed by atoms with E-state index in [0.29, 0.717) is 26.3 Å². The topological polar surface area (TPSA) is 59.6 Å². The van der Waals surface area contributed by atoms with Gasteiger partial charge in [0.25, 0.3) is 0 Å². The second kappa shape index (κ2) is 10.7. The fraction of sp³-hybridized carbons (Fsp3) is 0.409. The minimum Gasteiger partial charge on any atom is -0.494 e. The molecule has 3 rings (SSSR count). The van der Waals surface area contributed by atoms with Gasteiger partial charge in [0.2, 0.25) is 5.91 Å². The van der Waals surface area contributed by atoms with Crippen LogP contribution in [0, 0.1) is 0 Å². The molecule has 0 aromatic heterocycles. The average molecular weight is 368 g/mol. The van der Waals surface area contributed by atoms with Crippen molar-refractivity contribution in [1.29, 1.82) is 0 Å². The van der Waals surface area contributed by atoms with Gasteiger partial charge in [-0.3, -0.25) is 4.79 Å². The minimum atomic E-state index is -0.377. The Morgan fingerprint density at radius 1 is 1.11 bits per heavy atom. The highest BCUT2D eigenvalue weighted by Crippen LogP contribution is 2.14. The molecule has 1 saturated heterocycles. The Morgan fingerprint density at radius 2 is 1.96 bits per heavy atom. The van der Waals surface area contributed by atoms with E-state index >= 15 is 0 Å². The van der Waals surface area contributed by atoms with Crippen molar-refractivity contribution in [1.82, 2.24) is 10.6 Å². The van der Waals surface area contributed by atoms with E-state index in [0.717, 1.165) is 37.1 Å². The van der Waals surface area contributed by atoms with E-state index < -0.39 is 0 Å². The van der Waals surface area contributed by atoms with E-state index in [9.17, 15) is 4.79 Å². The summed E-state index contributed by atoms with van der Waals surface area (Å²) in [6.45, 7) is 3.26. The smallest absolute Gasteiger partial charge is 0.250 e. The van der Waals surface area contributed by atoms with Gasteiger partial charge in [-0.05, 0) is 42.5 Å². The molecule has 0 bridgehead atoms. The summed E-state index contributed by atoms with van der Waals surface area (Å²) >= 11 is 0. The van der Waals surface area contributed by atoms with Gasteiger partial charge in [-0.25, -0.2) is 0 Å². The predicted octanol–water partition coefficient (Wildman–Crippen LogP) is 2.35. The first-order chi connectivity index (χ1) is 13.3. The Hall–Kier alpha value is -2.37. The third-order valence-electron chi connectivity index (χ3n) is 4.55. The van der Waals surface area contributed by atoms with Gasteiger partial charge in [-0.15, -0.1) is 0 Å². The second-order valence-corrected chi connectivity index (χ2v) is 6.69. The standard InChI is InChI=1S/C22H28N2O3/c25-22(21-17-23-13-15-27-21)24-12-11-19-8-4-10-20(16-19)26-14-5-9-18-6-2-1-3-7-18/h1-4,6-8,10,16,21,23H,5,9,11-15,17H2,(H,24,25). The Bertz CT molecular complexity index is 700. The monoisotopic (exact) mass is 368 g/mol. The number of aryl methyl sites for hydroxylation is 1. The lowest BCUT2D eigenvalue weighted by Crippen LogP contribution is -2.48. The molecule has 2 aromatic carbocycles. The molecule has 2 aromatic rings. The summed E-state index contributed by atoms with van der Waals surface area (Å²) in [6, 6.07) is 18.5. The van der Waals surface area contributed by atoms with E-state index in [1.165, 1.54) is 5.56 Å². The number of benzene rings is 2. The molecule has 1 aliphatic heterocycles. The summed E-state index contributed by atoms with van der Waals surface area (Å²) in [5, 5.41) is 6.11. The molecule has 1 unspecified atom stereocenters. The van der Waals surface area contributed by atoms with Crippen molar-refractivity contribution in [3.05, 3.63) is 65.7 Å². The summed E-state index contributed by atoms with van der Waals surface area (Å²) in [5.41, 5.74) is 2.49. The van der Waals surface area contributed by atoms with Gasteiger partial charge in [0.15, 0.2) is 0 Å². The number of carbonyl (C=O) groups excluding carboxylic acids is 1. The molecule has 0 saturated carbocycles. The van der Waals surface area contributed by atoms with Crippen molar-refractivity contribution in [2.45, 2.75) is 25.4 Å². The van der Waals surface area contributed by atoms with Crippen LogP contribution < -0.4 is 15.4 Å². The summed E-state index contributed by atoms with van der Waals surface area (Å²) in [7, 11) is 0. The number of amides is 1. The van der Waals surface area contributed by atoms with Gasteiger partial charge in [0, 0.05) is 19.6 Å². The molecule has 5 heteroatoms. The molecular formula is C22H28N2O3. The van der Waals surface area contributed by atoms with E-state index in [1.54, 1.807) is 0 Å². The highest BCUT2D eigenvalue weighted by molar-refractivity contribution is 5.81. The van der Waals surface area contributed by atoms with Crippen LogP contribution in [0.4, 0.5) is 0 Å². The molecule has 5 nitrogen and oxygen atoms in total. The third-order valence-corrected chi connectivity index (χ3v) is 4.55. The molecule has 0 aliphatic carbocycles. The van der Waals surface area contributed by atoms with E-state index in [-0.39, 0.29) is 12.0 Å². The van der Waals surface area contributed by atoms with Crippen LogP contribution in [-0.2, 0) is 22.4 Å². The van der Waals surface area contributed by atoms with Gasteiger partial charge in [0.1, 0.15) is 11.9 Å². The average Bonchev–Trinajstić information content (AvgIpc) is 2.73. The molecule has 144 valence electrons. The zero-order valence-corrected chi connectivity index (χ0v) is 15.7. The maximum atomic E-state index is 12.0. The SMILES string of the molecule is O=C(NCCc1cccc(OCCCc2ccccc2)c1)C1CNCCO1. The molecular weight excluding hydrogens is 340 g/mol. The molecule has 1 amide bonds. The Kier molecular flexibility index (Phi) is 7.69. The fourth-order valence-electron chi connectivity index (χ4n) is 3.08. The Balaban J connectivity index is 1.36. The second-order valence-electron chi connectivity index (χ2n) is 6.69. The van der Waals surface area contributed by atoms with Crippen molar-refractivity contribution in [2.75, 3.05) is 32.8 Å². The van der Waals surface area contributed by atoms with Crippen LogP contribution in [0.2, 0.25) is 0 Å². The molecule has 1 atom stereocenters. The van der Waals surface area contributed by atoms with Crippen molar-refractivity contribution >= 4 is 5.91 Å². The molecule has 0 radical (unpaired) electrons. The summed E-state index contributed by atoms with van der Waals surface area (Å²) in [4.78, 5) is 12.0. The lowest BCUT2D eigenvalue weighted by molar-refractivity contribution is -0.134. The summed E-state index contributed by atoms with van der Waals surface area (Å²) in [5.74, 6) is 0.835. The number of nitrogens with one attached hydrogen (secondary N) is 2. The van der Waals surface area contributed by atoms with Gasteiger partial charge in [-0.1, -0.05) is 42.5 Å². The first-order valence-electron chi connectivity index (χ1n) is 9.67. The van der Waals surface area contributed by atoms with Crippen molar-refractivity contribution in [3.8, 4) is 5.75 Å². The Morgan fingerprint density at radius 3 is 2.78 bits per heavy atom. The van der Waals surface area contributed by atoms with Crippen molar-refractivity contribution in [3.63, 3.8) is 0 Å². The predicted molar refractivity (Wildman–Crippen MR) is 106 cm³/mol.